The van der Waals surface area contributed by atoms with Crippen molar-refractivity contribution in [2.45, 2.75) is 25.7 Å². The third kappa shape index (κ3) is 2.21. The zero-order valence-electron chi connectivity index (χ0n) is 11.5. The van der Waals surface area contributed by atoms with E-state index >= 15 is 0 Å². The van der Waals surface area contributed by atoms with Gasteiger partial charge in [0.05, 0.1) is 7.11 Å². The molecule has 2 N–H and O–H groups in total. The van der Waals surface area contributed by atoms with Crippen molar-refractivity contribution in [2.24, 2.45) is 11.7 Å². The van der Waals surface area contributed by atoms with E-state index in [0.717, 1.165) is 25.1 Å². The van der Waals surface area contributed by atoms with E-state index in [1.807, 2.05) is 0 Å². The van der Waals surface area contributed by atoms with Gasteiger partial charge in [-0.3, -0.25) is 0 Å². The Bertz CT molecular complexity index is 591. The molecule has 100 valence electrons. The quantitative estimate of drug-likeness (QED) is 0.909. The Hall–Kier alpha value is -1.54. The smallest absolute Gasteiger partial charge is 0.122 e. The van der Waals surface area contributed by atoms with E-state index in [-0.39, 0.29) is 0 Å². The lowest BCUT2D eigenvalue weighted by Gasteiger charge is -2.26. The third-order valence-electron chi connectivity index (χ3n) is 4.23. The molecule has 19 heavy (non-hydrogen) atoms. The van der Waals surface area contributed by atoms with Crippen LogP contribution in [0.15, 0.2) is 30.3 Å². The van der Waals surface area contributed by atoms with Crippen LogP contribution in [0.1, 0.15) is 24.0 Å². The predicted molar refractivity (Wildman–Crippen MR) is 79.7 cm³/mol. The van der Waals surface area contributed by atoms with Crippen LogP contribution in [0.4, 0.5) is 0 Å². The van der Waals surface area contributed by atoms with Crippen LogP contribution in [0.2, 0.25) is 0 Å². The molecule has 1 atom stereocenters. The van der Waals surface area contributed by atoms with Gasteiger partial charge >= 0.3 is 0 Å². The molecule has 0 radical (unpaired) electrons. The molecule has 0 amide bonds. The zero-order valence-corrected chi connectivity index (χ0v) is 11.5. The van der Waals surface area contributed by atoms with Gasteiger partial charge in [0.2, 0.25) is 0 Å². The zero-order chi connectivity index (χ0) is 13.2. The molecule has 2 nitrogen and oxygen atoms in total. The average molecular weight is 255 g/mol. The Morgan fingerprint density at radius 3 is 2.89 bits per heavy atom. The van der Waals surface area contributed by atoms with Gasteiger partial charge in [0.15, 0.2) is 0 Å². The second-order valence-corrected chi connectivity index (χ2v) is 5.47. The highest BCUT2D eigenvalue weighted by Crippen LogP contribution is 2.38. The average Bonchev–Trinajstić information content (AvgIpc) is 2.46. The molecular weight excluding hydrogens is 234 g/mol. The molecule has 2 heteroatoms. The van der Waals surface area contributed by atoms with Crippen LogP contribution in [0.5, 0.6) is 5.75 Å². The highest BCUT2D eigenvalue weighted by molar-refractivity contribution is 5.91. The van der Waals surface area contributed by atoms with Crippen molar-refractivity contribution in [1.82, 2.24) is 0 Å². The first-order chi connectivity index (χ1) is 9.33. The van der Waals surface area contributed by atoms with Gasteiger partial charge in [-0.15, -0.1) is 0 Å². The van der Waals surface area contributed by atoms with E-state index in [9.17, 15) is 0 Å². The Kier molecular flexibility index (Phi) is 3.43. The van der Waals surface area contributed by atoms with Gasteiger partial charge in [0, 0.05) is 5.56 Å². The van der Waals surface area contributed by atoms with E-state index in [4.69, 9.17) is 10.5 Å². The molecule has 3 rings (SSSR count). The van der Waals surface area contributed by atoms with E-state index in [1.54, 1.807) is 7.11 Å². The SMILES string of the molecule is COc1ccc2cccc3c2c1CC(CCCN)C3. The second kappa shape index (κ2) is 5.22. The number of methoxy groups -OCH3 is 1. The lowest BCUT2D eigenvalue weighted by Crippen LogP contribution is -2.16. The van der Waals surface area contributed by atoms with Gasteiger partial charge in [0.25, 0.3) is 0 Å². The van der Waals surface area contributed by atoms with Gasteiger partial charge in [0.1, 0.15) is 5.75 Å². The minimum absolute atomic E-state index is 0.706. The maximum Gasteiger partial charge on any atom is 0.122 e. The van der Waals surface area contributed by atoms with Crippen molar-refractivity contribution in [1.29, 1.82) is 0 Å². The molecule has 0 saturated carbocycles. The molecule has 0 aromatic heterocycles. The first-order valence-electron chi connectivity index (χ1n) is 7.11. The van der Waals surface area contributed by atoms with Crippen LogP contribution in [0, 0.1) is 5.92 Å². The normalized spacial score (nSPS) is 17.7. The van der Waals surface area contributed by atoms with Gasteiger partial charge in [-0.25, -0.2) is 0 Å². The van der Waals surface area contributed by atoms with Crippen molar-refractivity contribution in [3.8, 4) is 5.75 Å². The van der Waals surface area contributed by atoms with Crippen molar-refractivity contribution in [2.75, 3.05) is 13.7 Å². The first-order valence-corrected chi connectivity index (χ1v) is 7.11. The summed E-state index contributed by atoms with van der Waals surface area (Å²) in [4.78, 5) is 0. The number of hydrogen-bond donors (Lipinski definition) is 1. The number of hydrogen-bond acceptors (Lipinski definition) is 2. The topological polar surface area (TPSA) is 35.2 Å². The molecule has 2 aromatic carbocycles. The van der Waals surface area contributed by atoms with Crippen molar-refractivity contribution in [3.63, 3.8) is 0 Å². The van der Waals surface area contributed by atoms with Crippen molar-refractivity contribution in [3.05, 3.63) is 41.5 Å². The number of rotatable bonds is 4. The first kappa shape index (κ1) is 12.5. The molecular formula is C17H21NO. The number of benzene rings is 2. The van der Waals surface area contributed by atoms with Gasteiger partial charge in [-0.2, -0.15) is 0 Å². The van der Waals surface area contributed by atoms with E-state index in [2.05, 4.69) is 30.3 Å². The van der Waals surface area contributed by atoms with Crippen LogP contribution < -0.4 is 10.5 Å². The van der Waals surface area contributed by atoms with Gasteiger partial charge < -0.3 is 10.5 Å². The van der Waals surface area contributed by atoms with Crippen LogP contribution in [0.25, 0.3) is 10.8 Å². The fraction of sp³-hybridized carbons (Fsp3) is 0.412. The Labute approximate surface area is 114 Å². The summed E-state index contributed by atoms with van der Waals surface area (Å²) in [5.41, 5.74) is 8.51. The van der Waals surface area contributed by atoms with Gasteiger partial charge in [-0.05, 0) is 60.5 Å². The monoisotopic (exact) mass is 255 g/mol. The summed E-state index contributed by atoms with van der Waals surface area (Å²) in [6.45, 7) is 0.791. The molecule has 0 saturated heterocycles. The van der Waals surface area contributed by atoms with Crippen molar-refractivity contribution < 1.29 is 4.74 Å². The lowest BCUT2D eigenvalue weighted by atomic mass is 9.79. The summed E-state index contributed by atoms with van der Waals surface area (Å²) in [5.74, 6) is 1.75. The number of nitrogens with two attached hydrogens (primary N) is 1. The third-order valence-corrected chi connectivity index (χ3v) is 4.23. The summed E-state index contributed by atoms with van der Waals surface area (Å²) in [5, 5.41) is 2.76. The standard InChI is InChI=1S/C17H21NO/c1-19-16-8-7-13-5-2-6-14-10-12(4-3-9-18)11-15(16)17(13)14/h2,5-8,12H,3-4,9-11,18H2,1H3. The minimum Gasteiger partial charge on any atom is -0.496 e. The fourth-order valence-electron chi connectivity index (χ4n) is 3.36. The van der Waals surface area contributed by atoms with E-state index in [0.29, 0.717) is 5.92 Å². The molecule has 0 aliphatic heterocycles. The Morgan fingerprint density at radius 1 is 1.21 bits per heavy atom. The molecule has 1 aliphatic rings. The Balaban J connectivity index is 2.06. The molecule has 0 fully saturated rings. The maximum absolute atomic E-state index is 5.65. The second-order valence-electron chi connectivity index (χ2n) is 5.47. The predicted octanol–water partition coefficient (Wildman–Crippen LogP) is 3.30. The Morgan fingerprint density at radius 2 is 2.11 bits per heavy atom. The van der Waals surface area contributed by atoms with Crippen LogP contribution >= 0.6 is 0 Å². The molecule has 0 spiro atoms. The lowest BCUT2D eigenvalue weighted by molar-refractivity contribution is 0.397. The highest BCUT2D eigenvalue weighted by Gasteiger charge is 2.22. The molecule has 0 heterocycles. The summed E-state index contributed by atoms with van der Waals surface area (Å²) in [6, 6.07) is 10.9. The van der Waals surface area contributed by atoms with E-state index in [1.165, 1.54) is 34.7 Å². The fourth-order valence-corrected chi connectivity index (χ4v) is 3.36. The van der Waals surface area contributed by atoms with Gasteiger partial charge in [-0.1, -0.05) is 24.3 Å². The van der Waals surface area contributed by atoms with E-state index < -0.39 is 0 Å². The number of ether oxygens (including phenoxy) is 1. The maximum atomic E-state index is 5.65. The molecule has 0 bridgehead atoms. The summed E-state index contributed by atoms with van der Waals surface area (Å²) < 4.78 is 5.56. The molecule has 2 aromatic rings. The summed E-state index contributed by atoms with van der Waals surface area (Å²) in [7, 11) is 1.77. The summed E-state index contributed by atoms with van der Waals surface area (Å²) >= 11 is 0. The minimum atomic E-state index is 0.706. The van der Waals surface area contributed by atoms with Crippen LogP contribution in [-0.4, -0.2) is 13.7 Å². The largest absolute Gasteiger partial charge is 0.496 e. The molecule has 1 aliphatic carbocycles. The van der Waals surface area contributed by atoms with Crippen LogP contribution in [0.3, 0.4) is 0 Å². The van der Waals surface area contributed by atoms with Crippen LogP contribution in [-0.2, 0) is 12.8 Å². The summed E-state index contributed by atoms with van der Waals surface area (Å²) in [6.07, 6.45) is 4.63. The van der Waals surface area contributed by atoms with Crippen molar-refractivity contribution >= 4 is 10.8 Å². The molecule has 1 unspecified atom stereocenters. The highest BCUT2D eigenvalue weighted by atomic mass is 16.5.